The van der Waals surface area contributed by atoms with Crippen molar-refractivity contribution in [2.24, 2.45) is 0 Å². The number of carbonyl (C=O) groups excluding carboxylic acids is 1. The predicted molar refractivity (Wildman–Crippen MR) is 98.8 cm³/mol. The van der Waals surface area contributed by atoms with Gasteiger partial charge in [0.1, 0.15) is 17.9 Å². The van der Waals surface area contributed by atoms with Crippen LogP contribution < -0.4 is 9.64 Å². The van der Waals surface area contributed by atoms with Crippen molar-refractivity contribution in [2.75, 3.05) is 24.6 Å². The van der Waals surface area contributed by atoms with E-state index in [0.29, 0.717) is 12.4 Å². The summed E-state index contributed by atoms with van der Waals surface area (Å²) >= 11 is 0. The Morgan fingerprint density at radius 3 is 2.68 bits per heavy atom. The van der Waals surface area contributed by atoms with E-state index in [9.17, 15) is 4.79 Å². The standard InChI is InChI=1S/C21H21NO3/c1-3-22(4-2)17-10-7-9-15-16(13-24-21(15)17)20(23)19-12-14-8-5-6-11-18(14)25-19/h5-12,16H,3-4,13H2,1-2H3. The molecule has 2 aromatic carbocycles. The lowest BCUT2D eigenvalue weighted by Gasteiger charge is -2.23. The van der Waals surface area contributed by atoms with Gasteiger partial charge in [-0.25, -0.2) is 0 Å². The fourth-order valence-electron chi connectivity index (χ4n) is 3.54. The second-order valence-electron chi connectivity index (χ2n) is 6.24. The van der Waals surface area contributed by atoms with Crippen LogP contribution in [0.1, 0.15) is 35.9 Å². The fourth-order valence-corrected chi connectivity index (χ4v) is 3.54. The molecule has 0 spiro atoms. The van der Waals surface area contributed by atoms with Crippen molar-refractivity contribution in [3.8, 4) is 5.75 Å². The summed E-state index contributed by atoms with van der Waals surface area (Å²) in [7, 11) is 0. The molecule has 2 heterocycles. The summed E-state index contributed by atoms with van der Waals surface area (Å²) in [6.45, 7) is 6.41. The van der Waals surface area contributed by atoms with Crippen molar-refractivity contribution < 1.29 is 13.9 Å². The average molecular weight is 335 g/mol. The monoisotopic (exact) mass is 335 g/mol. The highest BCUT2D eigenvalue weighted by molar-refractivity contribution is 6.02. The summed E-state index contributed by atoms with van der Waals surface area (Å²) in [5.41, 5.74) is 2.75. The molecule has 0 N–H and O–H groups in total. The third kappa shape index (κ3) is 2.58. The molecule has 128 valence electrons. The maximum atomic E-state index is 13.0. The van der Waals surface area contributed by atoms with Crippen LogP contribution >= 0.6 is 0 Å². The Kier molecular flexibility index (Phi) is 3.96. The van der Waals surface area contributed by atoms with E-state index < -0.39 is 0 Å². The number of rotatable bonds is 5. The quantitative estimate of drug-likeness (QED) is 0.637. The van der Waals surface area contributed by atoms with Crippen LogP contribution in [-0.4, -0.2) is 25.5 Å². The molecule has 0 saturated heterocycles. The zero-order valence-corrected chi connectivity index (χ0v) is 14.5. The number of hydrogen-bond acceptors (Lipinski definition) is 4. The molecule has 0 saturated carbocycles. The Bertz CT molecular complexity index is 891. The van der Waals surface area contributed by atoms with Crippen LogP contribution in [0.3, 0.4) is 0 Å². The number of para-hydroxylation sites is 2. The van der Waals surface area contributed by atoms with Crippen molar-refractivity contribution in [2.45, 2.75) is 19.8 Å². The molecule has 0 aliphatic carbocycles. The first-order valence-electron chi connectivity index (χ1n) is 8.76. The van der Waals surface area contributed by atoms with E-state index in [4.69, 9.17) is 9.15 Å². The van der Waals surface area contributed by atoms with Gasteiger partial charge < -0.3 is 14.1 Å². The topological polar surface area (TPSA) is 42.7 Å². The molecule has 0 fully saturated rings. The zero-order chi connectivity index (χ0) is 17.4. The van der Waals surface area contributed by atoms with E-state index in [1.807, 2.05) is 42.5 Å². The van der Waals surface area contributed by atoms with Gasteiger partial charge in [-0.2, -0.15) is 0 Å². The zero-order valence-electron chi connectivity index (χ0n) is 14.5. The van der Waals surface area contributed by atoms with Gasteiger partial charge in [0.2, 0.25) is 5.78 Å². The molecule has 4 nitrogen and oxygen atoms in total. The van der Waals surface area contributed by atoms with Crippen molar-refractivity contribution >= 4 is 22.4 Å². The van der Waals surface area contributed by atoms with Crippen molar-refractivity contribution in [3.63, 3.8) is 0 Å². The lowest BCUT2D eigenvalue weighted by atomic mass is 9.94. The molecule has 0 radical (unpaired) electrons. The number of Topliss-reactive ketones (excluding diaryl/α,β-unsaturated/α-hetero) is 1. The molecular formula is C21H21NO3. The van der Waals surface area contributed by atoms with Gasteiger partial charge in [0.05, 0.1) is 11.6 Å². The average Bonchev–Trinajstić information content (AvgIpc) is 3.26. The molecule has 1 unspecified atom stereocenters. The highest BCUT2D eigenvalue weighted by Crippen LogP contribution is 2.43. The number of anilines is 1. The SMILES string of the molecule is CCN(CC)c1cccc2c1OCC2C(=O)c1cc2ccccc2o1. The number of hydrogen-bond donors (Lipinski definition) is 0. The molecule has 1 aromatic heterocycles. The van der Waals surface area contributed by atoms with Crippen molar-refractivity contribution in [1.29, 1.82) is 0 Å². The van der Waals surface area contributed by atoms with Gasteiger partial charge in [0, 0.05) is 24.0 Å². The third-order valence-corrected chi connectivity index (χ3v) is 4.88. The molecule has 1 atom stereocenters. The van der Waals surface area contributed by atoms with Crippen molar-refractivity contribution in [3.05, 3.63) is 59.9 Å². The van der Waals surface area contributed by atoms with Crippen LogP contribution in [0.5, 0.6) is 5.75 Å². The normalized spacial score (nSPS) is 15.8. The summed E-state index contributed by atoms with van der Waals surface area (Å²) in [5.74, 6) is 0.897. The van der Waals surface area contributed by atoms with Gasteiger partial charge in [-0.15, -0.1) is 0 Å². The maximum Gasteiger partial charge on any atom is 0.209 e. The van der Waals surface area contributed by atoms with Gasteiger partial charge in [-0.3, -0.25) is 4.79 Å². The molecule has 0 bridgehead atoms. The fraction of sp³-hybridized carbons (Fsp3) is 0.286. The second kappa shape index (κ2) is 6.28. The summed E-state index contributed by atoms with van der Waals surface area (Å²) < 4.78 is 11.7. The summed E-state index contributed by atoms with van der Waals surface area (Å²) in [6, 6.07) is 15.5. The number of fused-ring (bicyclic) bond motifs is 2. The van der Waals surface area contributed by atoms with Crippen LogP contribution in [0, 0.1) is 0 Å². The van der Waals surface area contributed by atoms with Gasteiger partial charge in [-0.05, 0) is 32.0 Å². The summed E-state index contributed by atoms with van der Waals surface area (Å²) in [5, 5.41) is 0.946. The Labute approximate surface area is 147 Å². The van der Waals surface area contributed by atoms with Gasteiger partial charge in [0.25, 0.3) is 0 Å². The Hall–Kier alpha value is -2.75. The van der Waals surface area contributed by atoms with Gasteiger partial charge >= 0.3 is 0 Å². The number of ketones is 1. The summed E-state index contributed by atoms with van der Waals surface area (Å²) in [4.78, 5) is 15.3. The van der Waals surface area contributed by atoms with Gasteiger partial charge in [-0.1, -0.05) is 30.3 Å². The Morgan fingerprint density at radius 2 is 1.92 bits per heavy atom. The lowest BCUT2D eigenvalue weighted by molar-refractivity contribution is 0.0922. The second-order valence-corrected chi connectivity index (χ2v) is 6.24. The molecule has 1 aliphatic rings. The van der Waals surface area contributed by atoms with Crippen LogP contribution in [-0.2, 0) is 0 Å². The predicted octanol–water partition coefficient (Wildman–Crippen LogP) is 4.64. The minimum atomic E-state index is -0.314. The van der Waals surface area contributed by atoms with Crippen LogP contribution in [0.25, 0.3) is 11.0 Å². The first kappa shape index (κ1) is 15.8. The van der Waals surface area contributed by atoms with E-state index in [0.717, 1.165) is 41.1 Å². The lowest BCUT2D eigenvalue weighted by Crippen LogP contribution is -2.22. The van der Waals surface area contributed by atoms with Crippen LogP contribution in [0.15, 0.2) is 52.9 Å². The first-order chi connectivity index (χ1) is 12.2. The van der Waals surface area contributed by atoms with Crippen LogP contribution in [0.2, 0.25) is 0 Å². The minimum Gasteiger partial charge on any atom is -0.490 e. The largest absolute Gasteiger partial charge is 0.490 e. The smallest absolute Gasteiger partial charge is 0.209 e. The number of carbonyl (C=O) groups is 1. The van der Waals surface area contributed by atoms with E-state index >= 15 is 0 Å². The third-order valence-electron chi connectivity index (χ3n) is 4.88. The number of nitrogens with zero attached hydrogens (tertiary/aromatic N) is 1. The Morgan fingerprint density at radius 1 is 1.12 bits per heavy atom. The molecule has 0 amide bonds. The van der Waals surface area contributed by atoms with Crippen molar-refractivity contribution in [1.82, 2.24) is 0 Å². The maximum absolute atomic E-state index is 13.0. The number of benzene rings is 2. The highest BCUT2D eigenvalue weighted by Gasteiger charge is 2.34. The Balaban J connectivity index is 1.70. The highest BCUT2D eigenvalue weighted by atomic mass is 16.5. The number of furan rings is 1. The van der Waals surface area contributed by atoms with Crippen LogP contribution in [0.4, 0.5) is 5.69 Å². The van der Waals surface area contributed by atoms with E-state index in [1.165, 1.54) is 0 Å². The molecule has 25 heavy (non-hydrogen) atoms. The molecule has 4 rings (SSSR count). The minimum absolute atomic E-state index is 0.0216. The number of ether oxygens (including phenoxy) is 1. The summed E-state index contributed by atoms with van der Waals surface area (Å²) in [6.07, 6.45) is 0. The van der Waals surface area contributed by atoms with Gasteiger partial charge in [0.15, 0.2) is 5.76 Å². The molecular weight excluding hydrogens is 314 g/mol. The molecule has 3 aromatic rings. The van der Waals surface area contributed by atoms with E-state index in [1.54, 1.807) is 0 Å². The first-order valence-corrected chi connectivity index (χ1v) is 8.76. The molecule has 1 aliphatic heterocycles. The van der Waals surface area contributed by atoms with E-state index in [2.05, 4.69) is 24.8 Å². The van der Waals surface area contributed by atoms with E-state index in [-0.39, 0.29) is 11.7 Å². The molecule has 4 heteroatoms.